The lowest BCUT2D eigenvalue weighted by molar-refractivity contribution is 0.102. The van der Waals surface area contributed by atoms with Crippen LogP contribution in [0.3, 0.4) is 0 Å². The molecule has 4 rings (SSSR count). The minimum absolute atomic E-state index is 0.112. The van der Waals surface area contributed by atoms with E-state index in [9.17, 15) is 14.0 Å². The average molecular weight is 408 g/mol. The van der Waals surface area contributed by atoms with Crippen LogP contribution in [0.2, 0.25) is 0 Å². The number of nitrogens with one attached hydrogen (secondary N) is 1. The molecule has 2 heterocycles. The van der Waals surface area contributed by atoms with Crippen molar-refractivity contribution in [1.29, 1.82) is 0 Å². The van der Waals surface area contributed by atoms with Crippen molar-refractivity contribution in [3.8, 4) is 0 Å². The van der Waals surface area contributed by atoms with E-state index in [4.69, 9.17) is 0 Å². The summed E-state index contributed by atoms with van der Waals surface area (Å²) in [5.74, 6) is -0.845. The van der Waals surface area contributed by atoms with Crippen LogP contribution >= 0.6 is 0 Å². The Kier molecular flexibility index (Phi) is 5.53. The summed E-state index contributed by atoms with van der Waals surface area (Å²) in [7, 11) is 0. The number of nitrogens with zero attached hydrogens (tertiary/aromatic N) is 3. The van der Waals surface area contributed by atoms with Crippen molar-refractivity contribution >= 4 is 28.1 Å². The van der Waals surface area contributed by atoms with Gasteiger partial charge in [-0.2, -0.15) is 5.10 Å². The van der Waals surface area contributed by atoms with Crippen LogP contribution in [0.4, 0.5) is 15.8 Å². The van der Waals surface area contributed by atoms with Gasteiger partial charge in [0.05, 0.1) is 11.1 Å². The molecule has 1 fully saturated rings. The van der Waals surface area contributed by atoms with Crippen LogP contribution in [0, 0.1) is 11.7 Å². The first-order chi connectivity index (χ1) is 14.5. The molecule has 0 aliphatic carbocycles. The van der Waals surface area contributed by atoms with Crippen molar-refractivity contribution in [3.63, 3.8) is 0 Å². The fraction of sp³-hybridized carbons (Fsp3) is 0.348. The van der Waals surface area contributed by atoms with Crippen LogP contribution in [0.5, 0.6) is 0 Å². The van der Waals surface area contributed by atoms with E-state index in [2.05, 4.69) is 15.3 Å². The van der Waals surface area contributed by atoms with Gasteiger partial charge in [-0.3, -0.25) is 9.59 Å². The zero-order valence-corrected chi connectivity index (χ0v) is 17.2. The van der Waals surface area contributed by atoms with Crippen LogP contribution in [0.15, 0.2) is 47.3 Å². The van der Waals surface area contributed by atoms with Crippen LogP contribution in [0.1, 0.15) is 37.2 Å². The van der Waals surface area contributed by atoms with Gasteiger partial charge in [0.25, 0.3) is 11.5 Å². The van der Waals surface area contributed by atoms with Crippen LogP contribution in [0.25, 0.3) is 10.8 Å². The Hall–Kier alpha value is -3.22. The van der Waals surface area contributed by atoms with Gasteiger partial charge in [0.1, 0.15) is 11.5 Å². The second-order valence-corrected chi connectivity index (χ2v) is 8.06. The third-order valence-corrected chi connectivity index (χ3v) is 5.30. The number of aromatic nitrogens is 2. The molecule has 2 aromatic carbocycles. The topological polar surface area (TPSA) is 67.2 Å². The molecule has 0 bridgehead atoms. The van der Waals surface area contributed by atoms with E-state index in [1.165, 1.54) is 10.7 Å². The molecule has 1 aromatic heterocycles. The molecule has 1 aliphatic rings. The summed E-state index contributed by atoms with van der Waals surface area (Å²) in [6.45, 7) is 6.00. The van der Waals surface area contributed by atoms with Crippen molar-refractivity contribution in [2.75, 3.05) is 23.3 Å². The zero-order chi connectivity index (χ0) is 21.3. The normalized spacial score (nSPS) is 13.9. The van der Waals surface area contributed by atoms with Gasteiger partial charge in [-0.15, -0.1) is 0 Å². The van der Waals surface area contributed by atoms with E-state index in [0.29, 0.717) is 23.0 Å². The number of carbonyl (C=O) groups excluding carboxylic acids is 1. The summed E-state index contributed by atoms with van der Waals surface area (Å²) in [6, 6.07) is 11.7. The quantitative estimate of drug-likeness (QED) is 0.692. The molecule has 1 saturated heterocycles. The Balaban J connectivity index is 1.78. The zero-order valence-electron chi connectivity index (χ0n) is 17.2. The summed E-state index contributed by atoms with van der Waals surface area (Å²) in [6.07, 6.45) is 2.08. The molecular weight excluding hydrogens is 383 g/mol. The molecule has 1 aliphatic heterocycles. The Morgan fingerprint density at radius 1 is 1.10 bits per heavy atom. The Morgan fingerprint density at radius 2 is 1.80 bits per heavy atom. The third kappa shape index (κ3) is 3.79. The maximum Gasteiger partial charge on any atom is 0.276 e. The molecule has 0 saturated carbocycles. The van der Waals surface area contributed by atoms with Gasteiger partial charge in [-0.1, -0.05) is 38.1 Å². The monoisotopic (exact) mass is 408 g/mol. The molecule has 0 atom stereocenters. The number of fused-ring (bicyclic) bond motifs is 1. The first-order valence-electron chi connectivity index (χ1n) is 10.3. The lowest BCUT2D eigenvalue weighted by Gasteiger charge is -2.22. The fourth-order valence-corrected chi connectivity index (χ4v) is 3.90. The standard InChI is InChI=1S/C23H25FN4O2/c1-15(2)14-28-23(30)17-9-4-3-8-16(17)20(26-28)22(29)25-21-18(24)10-7-11-19(21)27-12-5-6-13-27/h3-4,7-11,15H,5-6,12-14H2,1-2H3,(H,25,29). The minimum atomic E-state index is -0.533. The number of halogens is 1. The smallest absolute Gasteiger partial charge is 0.276 e. The lowest BCUT2D eigenvalue weighted by Crippen LogP contribution is -2.29. The molecular formula is C23H25FN4O2. The summed E-state index contributed by atoms with van der Waals surface area (Å²) in [5, 5.41) is 7.96. The molecule has 7 heteroatoms. The Morgan fingerprint density at radius 3 is 2.50 bits per heavy atom. The number of hydrogen-bond donors (Lipinski definition) is 1. The lowest BCUT2D eigenvalue weighted by atomic mass is 10.1. The number of anilines is 2. The van der Waals surface area contributed by atoms with Crippen LogP contribution in [-0.2, 0) is 6.54 Å². The highest BCUT2D eigenvalue weighted by molar-refractivity contribution is 6.12. The van der Waals surface area contributed by atoms with Gasteiger partial charge in [0, 0.05) is 25.0 Å². The fourth-order valence-electron chi connectivity index (χ4n) is 3.90. The first kappa shape index (κ1) is 20.1. The average Bonchev–Trinajstić information content (AvgIpc) is 3.26. The van der Waals surface area contributed by atoms with Gasteiger partial charge in [0.2, 0.25) is 0 Å². The highest BCUT2D eigenvalue weighted by Gasteiger charge is 2.22. The van der Waals surface area contributed by atoms with Crippen molar-refractivity contribution < 1.29 is 9.18 Å². The minimum Gasteiger partial charge on any atom is -0.370 e. The molecule has 6 nitrogen and oxygen atoms in total. The third-order valence-electron chi connectivity index (χ3n) is 5.30. The van der Waals surface area contributed by atoms with Crippen molar-refractivity contribution in [1.82, 2.24) is 9.78 Å². The summed E-state index contributed by atoms with van der Waals surface area (Å²) in [5.41, 5.74) is 0.693. The van der Waals surface area contributed by atoms with E-state index in [-0.39, 0.29) is 22.9 Å². The van der Waals surface area contributed by atoms with Crippen LogP contribution in [-0.4, -0.2) is 28.8 Å². The Labute approximate surface area is 174 Å². The van der Waals surface area contributed by atoms with E-state index < -0.39 is 11.7 Å². The predicted molar refractivity (Wildman–Crippen MR) is 117 cm³/mol. The maximum absolute atomic E-state index is 14.7. The first-order valence-corrected chi connectivity index (χ1v) is 10.3. The number of para-hydroxylation sites is 1. The van der Waals surface area contributed by atoms with Crippen LogP contribution < -0.4 is 15.8 Å². The second-order valence-electron chi connectivity index (χ2n) is 8.06. The number of carbonyl (C=O) groups is 1. The molecule has 0 radical (unpaired) electrons. The van der Waals surface area contributed by atoms with Gasteiger partial charge in [-0.25, -0.2) is 9.07 Å². The molecule has 30 heavy (non-hydrogen) atoms. The molecule has 1 N–H and O–H groups in total. The number of rotatable bonds is 5. The van der Waals surface area contributed by atoms with Gasteiger partial charge in [0.15, 0.2) is 5.69 Å². The maximum atomic E-state index is 14.7. The van der Waals surface area contributed by atoms with Crippen molar-refractivity contribution in [3.05, 3.63) is 64.3 Å². The van der Waals surface area contributed by atoms with Gasteiger partial charge < -0.3 is 10.2 Å². The molecule has 0 unspecified atom stereocenters. The predicted octanol–water partition coefficient (Wildman–Crippen LogP) is 4.04. The largest absolute Gasteiger partial charge is 0.370 e. The number of hydrogen-bond acceptors (Lipinski definition) is 4. The van der Waals surface area contributed by atoms with Crippen molar-refractivity contribution in [2.45, 2.75) is 33.2 Å². The SMILES string of the molecule is CC(C)Cn1nc(C(=O)Nc2c(F)cccc2N2CCCC2)c2ccccc2c1=O. The summed E-state index contributed by atoms with van der Waals surface area (Å²) in [4.78, 5) is 28.1. The van der Waals surface area contributed by atoms with E-state index >= 15 is 0 Å². The summed E-state index contributed by atoms with van der Waals surface area (Å²) < 4.78 is 16.0. The van der Waals surface area contributed by atoms with Gasteiger partial charge >= 0.3 is 0 Å². The molecule has 3 aromatic rings. The highest BCUT2D eigenvalue weighted by Crippen LogP contribution is 2.31. The van der Waals surface area contributed by atoms with E-state index in [0.717, 1.165) is 25.9 Å². The summed E-state index contributed by atoms with van der Waals surface area (Å²) >= 11 is 0. The van der Waals surface area contributed by atoms with E-state index in [1.54, 1.807) is 30.3 Å². The molecule has 156 valence electrons. The Bertz CT molecular complexity index is 1150. The molecule has 1 amide bonds. The highest BCUT2D eigenvalue weighted by atomic mass is 19.1. The number of benzene rings is 2. The van der Waals surface area contributed by atoms with Gasteiger partial charge in [-0.05, 0) is 37.0 Å². The molecule has 0 spiro atoms. The second kappa shape index (κ2) is 8.26. The van der Waals surface area contributed by atoms with Crippen molar-refractivity contribution in [2.24, 2.45) is 5.92 Å². The van der Waals surface area contributed by atoms with E-state index in [1.807, 2.05) is 19.9 Å². The number of amides is 1.